The summed E-state index contributed by atoms with van der Waals surface area (Å²) in [4.78, 5) is 14.4. The van der Waals surface area contributed by atoms with E-state index in [0.717, 1.165) is 41.5 Å². The van der Waals surface area contributed by atoms with Gasteiger partial charge >= 0.3 is 6.09 Å². The number of aliphatic hydroxyl groups is 2. The number of hydrogen-bond donors (Lipinski definition) is 2. The van der Waals surface area contributed by atoms with E-state index in [-0.39, 0.29) is 55.0 Å². The first-order chi connectivity index (χ1) is 17.3. The van der Waals surface area contributed by atoms with Gasteiger partial charge in [-0.2, -0.15) is 0 Å². The van der Waals surface area contributed by atoms with Gasteiger partial charge in [-0.25, -0.2) is 9.18 Å². The number of fused-ring (bicyclic) bond motifs is 1. The van der Waals surface area contributed by atoms with E-state index in [9.17, 15) is 19.4 Å². The van der Waals surface area contributed by atoms with Crippen molar-refractivity contribution in [3.63, 3.8) is 0 Å². The van der Waals surface area contributed by atoms with E-state index < -0.39 is 5.79 Å². The molecule has 1 aliphatic heterocycles. The van der Waals surface area contributed by atoms with Gasteiger partial charge in [0.15, 0.2) is 5.79 Å². The van der Waals surface area contributed by atoms with Crippen molar-refractivity contribution in [3.05, 3.63) is 70.5 Å². The van der Waals surface area contributed by atoms with Gasteiger partial charge in [-0.05, 0) is 71.4 Å². The number of amides is 1. The van der Waals surface area contributed by atoms with Crippen molar-refractivity contribution >= 4 is 17.7 Å². The standard InChI is InChI=1S/C27H33ClFNO4.C2H6/c1-18-22(5-3-19-2-4-21-15-27(32,33)16-23(21)14-19)17-30(26(31)34-13-11-28)12-10-25(18)20-6-8-24(29)9-7-20;1-2/h2,4,6-9,14,18,22,25,32-33H,3,5,10-13,15-17H2,1H3;1-2H3/t18?,22-,25?;/m1./s1. The molecule has 2 aliphatic rings. The molecule has 0 saturated carbocycles. The largest absolute Gasteiger partial charge is 0.448 e. The fraction of sp³-hybridized carbons (Fsp3) is 0.552. The van der Waals surface area contributed by atoms with Crippen LogP contribution in [-0.2, 0) is 24.0 Å². The fourth-order valence-corrected chi connectivity index (χ4v) is 5.62. The third-order valence-corrected chi connectivity index (χ3v) is 7.58. The molecule has 1 saturated heterocycles. The molecule has 0 aromatic heterocycles. The molecule has 4 rings (SSSR count). The van der Waals surface area contributed by atoms with E-state index in [4.69, 9.17) is 16.3 Å². The third kappa shape index (κ3) is 7.21. The Morgan fingerprint density at radius 1 is 1.14 bits per heavy atom. The summed E-state index contributed by atoms with van der Waals surface area (Å²) in [6, 6.07) is 12.8. The number of ether oxygens (including phenoxy) is 1. The topological polar surface area (TPSA) is 70.0 Å². The number of aryl methyl sites for hydroxylation is 1. The highest BCUT2D eigenvalue weighted by Gasteiger charge is 2.35. The van der Waals surface area contributed by atoms with Crippen LogP contribution in [0.3, 0.4) is 0 Å². The summed E-state index contributed by atoms with van der Waals surface area (Å²) in [6.07, 6.45) is 2.67. The zero-order valence-corrected chi connectivity index (χ0v) is 22.3. The number of benzene rings is 2. The first-order valence-electron chi connectivity index (χ1n) is 13.0. The maximum atomic E-state index is 13.5. The van der Waals surface area contributed by atoms with Gasteiger partial charge in [-0.3, -0.25) is 0 Å². The summed E-state index contributed by atoms with van der Waals surface area (Å²) in [6.45, 7) is 7.59. The van der Waals surface area contributed by atoms with Crippen LogP contribution in [0.25, 0.3) is 0 Å². The van der Waals surface area contributed by atoms with Gasteiger partial charge in [0.1, 0.15) is 12.4 Å². The summed E-state index contributed by atoms with van der Waals surface area (Å²) < 4.78 is 18.9. The Morgan fingerprint density at radius 2 is 1.83 bits per heavy atom. The summed E-state index contributed by atoms with van der Waals surface area (Å²) in [5, 5.41) is 20.0. The van der Waals surface area contributed by atoms with E-state index in [1.165, 1.54) is 12.1 Å². The highest BCUT2D eigenvalue weighted by atomic mass is 35.5. The van der Waals surface area contributed by atoms with Gasteiger partial charge in [0, 0.05) is 25.9 Å². The van der Waals surface area contributed by atoms with Crippen LogP contribution in [0, 0.1) is 17.7 Å². The predicted octanol–water partition coefficient (Wildman–Crippen LogP) is 5.68. The summed E-state index contributed by atoms with van der Waals surface area (Å²) in [5.74, 6) is -0.917. The summed E-state index contributed by atoms with van der Waals surface area (Å²) in [5.41, 5.74) is 4.23. The van der Waals surface area contributed by atoms with Gasteiger partial charge in [0.2, 0.25) is 0 Å². The number of halogens is 2. The Balaban J connectivity index is 0.00000176. The highest BCUT2D eigenvalue weighted by Crippen LogP contribution is 2.39. The van der Waals surface area contributed by atoms with Crippen molar-refractivity contribution in [3.8, 4) is 0 Å². The minimum atomic E-state index is -1.65. The molecular weight excluding hydrogens is 481 g/mol. The predicted molar refractivity (Wildman–Crippen MR) is 141 cm³/mol. The lowest BCUT2D eigenvalue weighted by molar-refractivity contribution is -0.150. The van der Waals surface area contributed by atoms with E-state index >= 15 is 0 Å². The van der Waals surface area contributed by atoms with Crippen molar-refractivity contribution in [2.75, 3.05) is 25.6 Å². The molecule has 0 bridgehead atoms. The monoisotopic (exact) mass is 519 g/mol. The lowest BCUT2D eigenvalue weighted by Gasteiger charge is -2.29. The smallest absolute Gasteiger partial charge is 0.409 e. The van der Waals surface area contributed by atoms with E-state index in [1.807, 2.05) is 32.0 Å². The molecule has 2 N–H and O–H groups in total. The lowest BCUT2D eigenvalue weighted by atomic mass is 9.76. The Kier molecular flexibility index (Phi) is 10.2. The Morgan fingerprint density at radius 3 is 2.53 bits per heavy atom. The van der Waals surface area contributed by atoms with Crippen LogP contribution in [0.2, 0.25) is 0 Å². The summed E-state index contributed by atoms with van der Waals surface area (Å²) in [7, 11) is 0. The van der Waals surface area contributed by atoms with Gasteiger partial charge in [-0.15, -0.1) is 11.6 Å². The molecule has 3 atom stereocenters. The maximum Gasteiger partial charge on any atom is 0.409 e. The first kappa shape index (κ1) is 28.4. The van der Waals surface area contributed by atoms with Crippen LogP contribution < -0.4 is 0 Å². The van der Waals surface area contributed by atoms with E-state index in [2.05, 4.69) is 19.1 Å². The molecule has 1 heterocycles. The van der Waals surface area contributed by atoms with Crippen LogP contribution in [0.4, 0.5) is 9.18 Å². The second-order valence-corrected chi connectivity index (χ2v) is 10.2. The molecule has 2 aromatic carbocycles. The average molecular weight is 520 g/mol. The lowest BCUT2D eigenvalue weighted by Crippen LogP contribution is -2.36. The second-order valence-electron chi connectivity index (χ2n) is 9.79. The minimum Gasteiger partial charge on any atom is -0.448 e. The molecule has 198 valence electrons. The number of nitrogens with zero attached hydrogens (tertiary/aromatic N) is 1. The number of hydrogen-bond acceptors (Lipinski definition) is 4. The number of carbonyl (C=O) groups is 1. The maximum absolute atomic E-state index is 13.5. The van der Waals surface area contributed by atoms with Crippen molar-refractivity contribution in [2.45, 2.75) is 64.6 Å². The molecule has 36 heavy (non-hydrogen) atoms. The zero-order chi connectivity index (χ0) is 26.3. The number of rotatable bonds is 6. The highest BCUT2D eigenvalue weighted by molar-refractivity contribution is 6.18. The van der Waals surface area contributed by atoms with Crippen LogP contribution in [-0.4, -0.2) is 52.6 Å². The normalized spacial score (nSPS) is 22.8. The third-order valence-electron chi connectivity index (χ3n) is 7.42. The van der Waals surface area contributed by atoms with Gasteiger partial charge in [-0.1, -0.05) is 51.1 Å². The van der Waals surface area contributed by atoms with Crippen molar-refractivity contribution < 1.29 is 24.1 Å². The van der Waals surface area contributed by atoms with Crippen molar-refractivity contribution in [2.24, 2.45) is 11.8 Å². The van der Waals surface area contributed by atoms with Crippen LogP contribution in [0.1, 0.15) is 61.8 Å². The van der Waals surface area contributed by atoms with Crippen LogP contribution >= 0.6 is 11.6 Å². The molecule has 1 fully saturated rings. The molecule has 2 unspecified atom stereocenters. The van der Waals surface area contributed by atoms with Crippen LogP contribution in [0.15, 0.2) is 42.5 Å². The first-order valence-corrected chi connectivity index (χ1v) is 13.6. The fourth-order valence-electron chi connectivity index (χ4n) is 5.54. The molecule has 5 nitrogen and oxygen atoms in total. The zero-order valence-electron chi connectivity index (χ0n) is 21.6. The Hall–Kier alpha value is -2.15. The van der Waals surface area contributed by atoms with E-state index in [1.54, 1.807) is 4.90 Å². The molecule has 1 amide bonds. The van der Waals surface area contributed by atoms with Gasteiger partial charge in [0.25, 0.3) is 0 Å². The molecule has 2 aromatic rings. The SMILES string of the molecule is CC.CC1C(c2ccc(F)cc2)CCN(C(=O)OCCCl)C[C@H]1CCc1ccc2c(c1)CC(O)(O)C2. The van der Waals surface area contributed by atoms with Crippen molar-refractivity contribution in [1.82, 2.24) is 4.90 Å². The molecule has 1 aliphatic carbocycles. The molecular formula is C29H39ClFNO4. The number of likely N-dealkylation sites (tertiary alicyclic amines) is 1. The quantitative estimate of drug-likeness (QED) is 0.380. The van der Waals surface area contributed by atoms with E-state index in [0.29, 0.717) is 13.1 Å². The minimum absolute atomic E-state index is 0.185. The average Bonchev–Trinajstić information content (AvgIpc) is 3.08. The molecule has 0 radical (unpaired) electrons. The molecule has 7 heteroatoms. The second kappa shape index (κ2) is 12.9. The molecule has 0 spiro atoms. The number of alkyl halides is 1. The Labute approximate surface area is 219 Å². The van der Waals surface area contributed by atoms with Crippen molar-refractivity contribution in [1.29, 1.82) is 0 Å². The number of carbonyl (C=O) groups excluding carboxylic acids is 1. The van der Waals surface area contributed by atoms with Gasteiger partial charge in [0.05, 0.1) is 5.88 Å². The van der Waals surface area contributed by atoms with Crippen LogP contribution in [0.5, 0.6) is 0 Å². The summed E-state index contributed by atoms with van der Waals surface area (Å²) >= 11 is 5.70. The Bertz CT molecular complexity index is 997. The van der Waals surface area contributed by atoms with Gasteiger partial charge < -0.3 is 19.8 Å².